The van der Waals surface area contributed by atoms with Gasteiger partial charge in [0.1, 0.15) is 18.1 Å². The Morgan fingerprint density at radius 3 is 1.50 bits per heavy atom. The summed E-state index contributed by atoms with van der Waals surface area (Å²) in [6.45, 7) is 8.45. The van der Waals surface area contributed by atoms with Gasteiger partial charge in [-0.15, -0.1) is 0 Å². The molecule has 3 unspecified atom stereocenters. The molecule has 0 fully saturated rings. The highest BCUT2D eigenvalue weighted by molar-refractivity contribution is 5.92. The van der Waals surface area contributed by atoms with Crippen molar-refractivity contribution < 1.29 is 28.7 Å². The molecule has 0 spiro atoms. The minimum Gasteiger partial charge on any atom is -0.464 e. The second-order valence-electron chi connectivity index (χ2n) is 5.99. The molecule has 9 heteroatoms. The van der Waals surface area contributed by atoms with Crippen LogP contribution in [0.5, 0.6) is 0 Å². The first-order valence-corrected chi connectivity index (χ1v) is 8.60. The third-order valence-electron chi connectivity index (χ3n) is 4.34. The zero-order valence-electron chi connectivity index (χ0n) is 16.9. The van der Waals surface area contributed by atoms with Gasteiger partial charge in [0.2, 0.25) is 11.8 Å². The first-order chi connectivity index (χ1) is 12.0. The molecule has 3 amide bonds. The third-order valence-corrected chi connectivity index (χ3v) is 4.34. The van der Waals surface area contributed by atoms with Crippen LogP contribution in [0.15, 0.2) is 0 Å². The monoisotopic (exact) mass is 373 g/mol. The van der Waals surface area contributed by atoms with E-state index in [1.165, 1.54) is 35.8 Å². The standard InChI is InChI=1S/C17H31N3O6/c1-9-25-16(23)13(5)19(7)14(21)11(3)18(6)15(22)12(4)20(8)17(24)26-10-2/h11-13H,9-10H2,1-8H3. The van der Waals surface area contributed by atoms with Crippen LogP contribution in [-0.4, -0.2) is 91.1 Å². The molecule has 0 radical (unpaired) electrons. The van der Waals surface area contributed by atoms with Gasteiger partial charge in [0.25, 0.3) is 0 Å². The summed E-state index contributed by atoms with van der Waals surface area (Å²) >= 11 is 0. The summed E-state index contributed by atoms with van der Waals surface area (Å²) in [5, 5.41) is 0. The van der Waals surface area contributed by atoms with Crippen molar-refractivity contribution in [2.75, 3.05) is 34.4 Å². The van der Waals surface area contributed by atoms with E-state index in [0.29, 0.717) is 0 Å². The number of esters is 1. The van der Waals surface area contributed by atoms with Crippen LogP contribution in [0.2, 0.25) is 0 Å². The number of carbonyl (C=O) groups excluding carboxylic acids is 4. The van der Waals surface area contributed by atoms with E-state index >= 15 is 0 Å². The first kappa shape index (κ1) is 23.7. The quantitative estimate of drug-likeness (QED) is 0.582. The van der Waals surface area contributed by atoms with Crippen LogP contribution in [0.25, 0.3) is 0 Å². The Kier molecular flexibility index (Phi) is 9.67. The SMILES string of the molecule is CCOC(=O)C(C)N(C)C(=O)C(C)N(C)C(=O)C(C)N(C)C(=O)OCC. The molecule has 0 aromatic heterocycles. The van der Waals surface area contributed by atoms with Gasteiger partial charge in [-0.1, -0.05) is 0 Å². The maximum Gasteiger partial charge on any atom is 0.410 e. The van der Waals surface area contributed by atoms with E-state index in [4.69, 9.17) is 9.47 Å². The molecule has 9 nitrogen and oxygen atoms in total. The van der Waals surface area contributed by atoms with Crippen molar-refractivity contribution >= 4 is 23.9 Å². The average Bonchev–Trinajstić information content (AvgIpc) is 2.63. The maximum absolute atomic E-state index is 12.6. The molecule has 0 aromatic rings. The Morgan fingerprint density at radius 1 is 0.692 bits per heavy atom. The van der Waals surface area contributed by atoms with Crippen molar-refractivity contribution in [1.82, 2.24) is 14.7 Å². The third kappa shape index (κ3) is 5.89. The number of ether oxygens (including phenoxy) is 2. The lowest BCUT2D eigenvalue weighted by atomic mass is 10.2. The van der Waals surface area contributed by atoms with Crippen LogP contribution in [0, 0.1) is 0 Å². The van der Waals surface area contributed by atoms with E-state index in [9.17, 15) is 19.2 Å². The van der Waals surface area contributed by atoms with Gasteiger partial charge in [-0.25, -0.2) is 9.59 Å². The van der Waals surface area contributed by atoms with E-state index < -0.39 is 42.0 Å². The Labute approximate surface area is 155 Å². The summed E-state index contributed by atoms with van der Waals surface area (Å²) in [6, 6.07) is -2.39. The lowest BCUT2D eigenvalue weighted by molar-refractivity contribution is -0.155. The number of carbonyl (C=O) groups is 4. The van der Waals surface area contributed by atoms with Gasteiger partial charge in [-0.3, -0.25) is 14.5 Å². The maximum atomic E-state index is 12.6. The van der Waals surface area contributed by atoms with Crippen LogP contribution in [0.1, 0.15) is 34.6 Å². The molecule has 0 N–H and O–H groups in total. The predicted molar refractivity (Wildman–Crippen MR) is 95.3 cm³/mol. The molecule has 0 saturated heterocycles. The Morgan fingerprint density at radius 2 is 1.08 bits per heavy atom. The molecule has 26 heavy (non-hydrogen) atoms. The molecule has 150 valence electrons. The smallest absolute Gasteiger partial charge is 0.410 e. The van der Waals surface area contributed by atoms with Crippen LogP contribution in [0.3, 0.4) is 0 Å². The van der Waals surface area contributed by atoms with Gasteiger partial charge >= 0.3 is 12.1 Å². The summed E-state index contributed by atoms with van der Waals surface area (Å²) in [7, 11) is 4.41. The molecule has 0 bridgehead atoms. The van der Waals surface area contributed by atoms with Crippen molar-refractivity contribution in [3.63, 3.8) is 0 Å². The lowest BCUT2D eigenvalue weighted by Gasteiger charge is -2.33. The van der Waals surface area contributed by atoms with Gasteiger partial charge in [0, 0.05) is 21.1 Å². The molecule has 0 aliphatic rings. The minimum atomic E-state index is -0.817. The largest absolute Gasteiger partial charge is 0.464 e. The molecule has 0 saturated carbocycles. The Balaban J connectivity index is 5.04. The molecule has 0 aliphatic carbocycles. The Bertz CT molecular complexity index is 479. The van der Waals surface area contributed by atoms with E-state index in [1.54, 1.807) is 34.6 Å². The fourth-order valence-corrected chi connectivity index (χ4v) is 2.11. The van der Waals surface area contributed by atoms with Gasteiger partial charge in [0.05, 0.1) is 13.2 Å². The normalized spacial score (nSPS) is 13.8. The molecular weight excluding hydrogens is 342 g/mol. The van der Waals surface area contributed by atoms with Gasteiger partial charge in [-0.2, -0.15) is 0 Å². The fraction of sp³-hybridized carbons (Fsp3) is 0.765. The van der Waals surface area contributed by atoms with E-state index in [-0.39, 0.29) is 13.2 Å². The minimum absolute atomic E-state index is 0.200. The number of hydrogen-bond acceptors (Lipinski definition) is 6. The van der Waals surface area contributed by atoms with E-state index in [2.05, 4.69) is 0 Å². The highest BCUT2D eigenvalue weighted by Crippen LogP contribution is 2.10. The zero-order chi connectivity index (χ0) is 20.6. The molecular formula is C17H31N3O6. The molecule has 0 rings (SSSR count). The van der Waals surface area contributed by atoms with Gasteiger partial charge < -0.3 is 19.3 Å². The predicted octanol–water partition coefficient (Wildman–Crippen LogP) is 0.720. The molecule has 0 heterocycles. The van der Waals surface area contributed by atoms with Crippen LogP contribution < -0.4 is 0 Å². The number of nitrogens with zero attached hydrogens (tertiary/aromatic N) is 3. The fourth-order valence-electron chi connectivity index (χ4n) is 2.11. The molecule has 3 atom stereocenters. The highest BCUT2D eigenvalue weighted by atomic mass is 16.6. The molecule has 0 aliphatic heterocycles. The van der Waals surface area contributed by atoms with Gasteiger partial charge in [-0.05, 0) is 34.6 Å². The Hall–Kier alpha value is -2.32. The van der Waals surface area contributed by atoms with Crippen molar-refractivity contribution in [2.24, 2.45) is 0 Å². The number of likely N-dealkylation sites (N-methyl/N-ethyl adjacent to an activating group) is 3. The van der Waals surface area contributed by atoms with Crippen molar-refractivity contribution in [3.8, 4) is 0 Å². The summed E-state index contributed by atoms with van der Waals surface area (Å²) in [4.78, 5) is 52.4. The highest BCUT2D eigenvalue weighted by Gasteiger charge is 2.33. The number of amides is 3. The van der Waals surface area contributed by atoms with Crippen LogP contribution >= 0.6 is 0 Å². The second kappa shape index (κ2) is 10.6. The zero-order valence-corrected chi connectivity index (χ0v) is 16.9. The first-order valence-electron chi connectivity index (χ1n) is 8.60. The number of hydrogen-bond donors (Lipinski definition) is 0. The van der Waals surface area contributed by atoms with E-state index in [0.717, 1.165) is 0 Å². The topological polar surface area (TPSA) is 96.5 Å². The van der Waals surface area contributed by atoms with Crippen molar-refractivity contribution in [3.05, 3.63) is 0 Å². The summed E-state index contributed by atoms with van der Waals surface area (Å²) in [5.41, 5.74) is 0. The van der Waals surface area contributed by atoms with E-state index in [1.807, 2.05) is 0 Å². The van der Waals surface area contributed by atoms with Crippen LogP contribution in [-0.2, 0) is 23.9 Å². The van der Waals surface area contributed by atoms with Gasteiger partial charge in [0.15, 0.2) is 0 Å². The summed E-state index contributed by atoms with van der Waals surface area (Å²) in [6.07, 6.45) is -0.617. The summed E-state index contributed by atoms with van der Waals surface area (Å²) < 4.78 is 9.78. The van der Waals surface area contributed by atoms with Crippen molar-refractivity contribution in [2.45, 2.75) is 52.7 Å². The second-order valence-corrected chi connectivity index (χ2v) is 5.99. The molecule has 0 aromatic carbocycles. The summed E-state index contributed by atoms with van der Waals surface area (Å²) in [5.74, 6) is -1.34. The van der Waals surface area contributed by atoms with Crippen molar-refractivity contribution in [1.29, 1.82) is 0 Å². The average molecular weight is 373 g/mol. The lowest BCUT2D eigenvalue weighted by Crippen LogP contribution is -2.54. The number of rotatable bonds is 8. The van der Waals surface area contributed by atoms with Crippen LogP contribution in [0.4, 0.5) is 4.79 Å².